The van der Waals surface area contributed by atoms with E-state index in [1.807, 2.05) is 48.6 Å². The number of methoxy groups -OCH3 is 1. The second kappa shape index (κ2) is 12.8. The predicted molar refractivity (Wildman–Crippen MR) is 183 cm³/mol. The van der Waals surface area contributed by atoms with E-state index in [-0.39, 0.29) is 16.8 Å². The van der Waals surface area contributed by atoms with Gasteiger partial charge in [0.25, 0.3) is 10.1 Å². The Balaban J connectivity index is 1.22. The van der Waals surface area contributed by atoms with Crippen LogP contribution in [0.25, 0.3) is 38.3 Å². The molecule has 1 heterocycles. The van der Waals surface area contributed by atoms with Gasteiger partial charge in [-0.15, -0.1) is 20.4 Å². The van der Waals surface area contributed by atoms with Gasteiger partial charge in [0.15, 0.2) is 5.75 Å². The zero-order valence-electron chi connectivity index (χ0n) is 26.1. The summed E-state index contributed by atoms with van der Waals surface area (Å²) in [5, 5.41) is 47.6. The largest absolute Gasteiger partial charge is 0.505 e. The molecule has 0 aliphatic heterocycles. The van der Waals surface area contributed by atoms with E-state index in [2.05, 4.69) is 40.9 Å². The van der Waals surface area contributed by atoms with E-state index in [9.17, 15) is 18.1 Å². The van der Waals surface area contributed by atoms with Crippen LogP contribution in [-0.2, 0) is 10.1 Å². The molecule has 2 N–H and O–H groups in total. The maximum absolute atomic E-state index is 12.5. The van der Waals surface area contributed by atoms with E-state index < -0.39 is 26.5 Å². The van der Waals surface area contributed by atoms with Crippen LogP contribution in [0.3, 0.4) is 0 Å². The van der Waals surface area contributed by atoms with E-state index >= 15 is 0 Å². The second-order valence-electron chi connectivity index (χ2n) is 11.0. The van der Waals surface area contributed by atoms with Crippen molar-refractivity contribution in [1.29, 1.82) is 0 Å². The number of hydrogen-bond donors (Lipinski definition) is 2. The molecule has 6 aromatic rings. The van der Waals surface area contributed by atoms with Crippen LogP contribution in [0.4, 0.5) is 17.1 Å². The number of phenols is 1. The van der Waals surface area contributed by atoms with Crippen LogP contribution in [0.2, 0.25) is 0 Å². The molecule has 1 aliphatic carbocycles. The molecule has 15 heteroatoms. The summed E-state index contributed by atoms with van der Waals surface area (Å²) in [5.41, 5.74) is 3.79. The topological polar surface area (TPSA) is 189 Å². The minimum Gasteiger partial charge on any atom is -0.505 e. The smallest absolute Gasteiger partial charge is 0.296 e. The minimum atomic E-state index is -4.85. The van der Waals surface area contributed by atoms with E-state index in [1.54, 1.807) is 43.4 Å². The summed E-state index contributed by atoms with van der Waals surface area (Å²) in [5.74, 6) is -0.221. The first-order chi connectivity index (χ1) is 23.7. The van der Waals surface area contributed by atoms with Gasteiger partial charge in [-0.2, -0.15) is 33.7 Å². The summed E-state index contributed by atoms with van der Waals surface area (Å²) in [6.45, 7) is 0. The highest BCUT2D eigenvalue weighted by Crippen LogP contribution is 2.43. The molecule has 0 saturated carbocycles. The highest BCUT2D eigenvalue weighted by molar-refractivity contribution is 7.86. The molecule has 244 valence electrons. The monoisotopic (exact) mass is 673 g/mol. The number of phenolic OH excluding ortho intramolecular Hbond substituents is 1. The number of aromatic nitrogens is 3. The number of benzene rings is 5. The summed E-state index contributed by atoms with van der Waals surface area (Å²) in [6, 6.07) is 22.5. The molecule has 0 radical (unpaired) electrons. The lowest BCUT2D eigenvalue weighted by Gasteiger charge is -2.10. The third kappa shape index (κ3) is 6.27. The number of allylic oxidation sites excluding steroid dienone is 4. The molecular weight excluding hydrogens is 646 g/mol. The lowest BCUT2D eigenvalue weighted by molar-refractivity contribution is 0.416. The number of nitrogens with zero attached hydrogens (tertiary/aromatic N) is 9. The van der Waals surface area contributed by atoms with Gasteiger partial charge in [-0.1, -0.05) is 30.3 Å². The van der Waals surface area contributed by atoms with Gasteiger partial charge in [-0.05, 0) is 78.2 Å². The van der Waals surface area contributed by atoms with Crippen LogP contribution in [0, 0.1) is 0 Å². The Morgan fingerprint density at radius 3 is 2.35 bits per heavy atom. The molecular formula is C34H27N9O5S. The van der Waals surface area contributed by atoms with Crippen molar-refractivity contribution in [3.05, 3.63) is 102 Å². The fraction of sp³-hybridized carbons (Fsp3) is 0.118. The Bertz CT molecular complexity index is 2560. The minimum absolute atomic E-state index is 0.219. The SMILES string of the molecule is CN=NC1=CC=C(N=Nc2ccc(N=Nc3c(S(=O)(=O)O)cc4cc(-n5nc6ccc7ccccc7c6n5)ccc4c3O)c(OC)c2)CC1. The zero-order valence-corrected chi connectivity index (χ0v) is 26.9. The van der Waals surface area contributed by atoms with E-state index in [4.69, 9.17) is 4.74 Å². The van der Waals surface area contributed by atoms with Crippen LogP contribution in [-0.4, -0.2) is 47.2 Å². The van der Waals surface area contributed by atoms with Crippen molar-refractivity contribution in [2.45, 2.75) is 17.7 Å². The average Bonchev–Trinajstić information content (AvgIpc) is 3.56. The standard InChI is InChI=1S/C34H27N9O5S/c1-35-36-22-8-10-23(11-9-22)37-38-24-12-16-28(30(19-24)48-2)39-40-33-31(49(45,46)47)18-21-17-25(13-14-27(21)34(33)44)43-41-29-15-7-20-5-3-4-6-26(20)32(29)42-43/h3-8,10,12-19,44H,9,11H2,1-2H3,(H,45,46,47). The van der Waals surface area contributed by atoms with Gasteiger partial charge in [0.05, 0.1) is 29.9 Å². The fourth-order valence-corrected chi connectivity index (χ4v) is 6.13. The Kier molecular flexibility index (Phi) is 8.19. The average molecular weight is 674 g/mol. The van der Waals surface area contributed by atoms with Crippen molar-refractivity contribution in [3.63, 3.8) is 0 Å². The number of fused-ring (bicyclic) bond motifs is 4. The van der Waals surface area contributed by atoms with Crippen molar-refractivity contribution in [2.75, 3.05) is 14.2 Å². The number of hydrogen-bond acceptors (Lipinski definition) is 12. The van der Waals surface area contributed by atoms with Gasteiger partial charge in [0.1, 0.15) is 33.1 Å². The van der Waals surface area contributed by atoms with E-state index in [1.165, 1.54) is 18.0 Å². The summed E-state index contributed by atoms with van der Waals surface area (Å²) in [6.07, 6.45) is 5.05. The van der Waals surface area contributed by atoms with Gasteiger partial charge >= 0.3 is 0 Å². The number of ether oxygens (including phenoxy) is 1. The molecule has 0 amide bonds. The molecule has 0 bridgehead atoms. The highest BCUT2D eigenvalue weighted by atomic mass is 32.2. The van der Waals surface area contributed by atoms with Crippen LogP contribution in [0.5, 0.6) is 11.5 Å². The third-order valence-corrected chi connectivity index (χ3v) is 8.74. The third-order valence-electron chi connectivity index (χ3n) is 7.87. The first-order valence-corrected chi connectivity index (χ1v) is 16.4. The molecule has 0 atom stereocenters. The number of aromatic hydroxyl groups is 1. The quantitative estimate of drug-likeness (QED) is 0.119. The molecule has 0 saturated heterocycles. The van der Waals surface area contributed by atoms with Crippen LogP contribution in [0.1, 0.15) is 12.8 Å². The van der Waals surface area contributed by atoms with Crippen molar-refractivity contribution in [1.82, 2.24) is 15.0 Å². The Morgan fingerprint density at radius 1 is 0.796 bits per heavy atom. The number of azo groups is 3. The molecule has 7 rings (SSSR count). The molecule has 0 unspecified atom stereocenters. The van der Waals surface area contributed by atoms with Gasteiger partial charge in [-0.25, -0.2) is 0 Å². The maximum Gasteiger partial charge on any atom is 0.296 e. The van der Waals surface area contributed by atoms with E-state index in [0.717, 1.165) is 22.2 Å². The molecule has 0 spiro atoms. The predicted octanol–water partition coefficient (Wildman–Crippen LogP) is 8.83. The normalized spacial score (nSPS) is 14.1. The van der Waals surface area contributed by atoms with Crippen LogP contribution >= 0.6 is 0 Å². The van der Waals surface area contributed by atoms with Crippen LogP contribution in [0.15, 0.2) is 138 Å². The Morgan fingerprint density at radius 2 is 1.59 bits per heavy atom. The van der Waals surface area contributed by atoms with Gasteiger partial charge in [0.2, 0.25) is 0 Å². The van der Waals surface area contributed by atoms with Crippen LogP contribution < -0.4 is 4.74 Å². The maximum atomic E-state index is 12.5. The summed E-state index contributed by atoms with van der Waals surface area (Å²) < 4.78 is 40.7. The number of rotatable bonds is 8. The summed E-state index contributed by atoms with van der Waals surface area (Å²) >= 11 is 0. The van der Waals surface area contributed by atoms with Crippen molar-refractivity contribution in [2.24, 2.45) is 30.7 Å². The summed E-state index contributed by atoms with van der Waals surface area (Å²) in [7, 11) is -1.80. The first-order valence-electron chi connectivity index (χ1n) is 15.0. The van der Waals surface area contributed by atoms with Gasteiger partial charge < -0.3 is 9.84 Å². The first kappa shape index (κ1) is 31.4. The Labute approximate surface area is 279 Å². The molecule has 1 aliphatic rings. The molecule has 5 aromatic carbocycles. The zero-order chi connectivity index (χ0) is 34.1. The Hall–Kier alpha value is -6.19. The van der Waals surface area contributed by atoms with E-state index in [0.29, 0.717) is 40.6 Å². The van der Waals surface area contributed by atoms with Gasteiger partial charge in [-0.3, -0.25) is 4.55 Å². The molecule has 0 fully saturated rings. The fourth-order valence-electron chi connectivity index (χ4n) is 5.47. The molecule has 14 nitrogen and oxygen atoms in total. The molecule has 49 heavy (non-hydrogen) atoms. The second-order valence-corrected chi connectivity index (χ2v) is 12.4. The summed E-state index contributed by atoms with van der Waals surface area (Å²) in [4.78, 5) is 0.800. The lowest BCUT2D eigenvalue weighted by atomic mass is 10.1. The molecule has 1 aromatic heterocycles. The van der Waals surface area contributed by atoms with Gasteiger partial charge in [0, 0.05) is 23.9 Å². The lowest BCUT2D eigenvalue weighted by Crippen LogP contribution is -2.01. The van der Waals surface area contributed by atoms with Crippen molar-refractivity contribution >= 4 is 59.8 Å². The van der Waals surface area contributed by atoms with Crippen molar-refractivity contribution < 1.29 is 22.8 Å². The highest BCUT2D eigenvalue weighted by Gasteiger charge is 2.23. The van der Waals surface area contributed by atoms with Crippen molar-refractivity contribution in [3.8, 4) is 17.2 Å².